The monoisotopic (exact) mass is 290 g/mol. The third kappa shape index (κ3) is 1.97. The molecule has 1 heterocycles. The van der Waals surface area contributed by atoms with Crippen LogP contribution in [0.4, 0.5) is 0 Å². The Kier molecular flexibility index (Phi) is 3.09. The van der Waals surface area contributed by atoms with Crippen LogP contribution in [0.15, 0.2) is 55.0 Å². The molecule has 1 atom stereocenters. The molecule has 0 saturated heterocycles. The normalized spacial score (nSPS) is 13.7. The highest BCUT2D eigenvalue weighted by Crippen LogP contribution is 2.38. The van der Waals surface area contributed by atoms with Gasteiger partial charge in [-0.1, -0.05) is 42.5 Å². The number of hydrogen-bond acceptors (Lipinski definition) is 2. The predicted octanol–water partition coefficient (Wildman–Crippen LogP) is 3.56. The van der Waals surface area contributed by atoms with E-state index in [1.807, 2.05) is 10.6 Å². The summed E-state index contributed by atoms with van der Waals surface area (Å²) < 4.78 is 1.98. The molecule has 0 aliphatic heterocycles. The van der Waals surface area contributed by atoms with Gasteiger partial charge in [-0.2, -0.15) is 0 Å². The lowest BCUT2D eigenvalue weighted by Gasteiger charge is -2.14. The Hall–Kier alpha value is -2.39. The molecule has 110 valence electrons. The number of benzene rings is 2. The highest BCUT2D eigenvalue weighted by atomic mass is 16.3. The molecule has 0 amide bonds. The van der Waals surface area contributed by atoms with Gasteiger partial charge in [-0.25, -0.2) is 4.98 Å². The maximum Gasteiger partial charge on any atom is 0.121 e. The first-order chi connectivity index (χ1) is 10.8. The molecule has 0 bridgehead atoms. The van der Waals surface area contributed by atoms with Gasteiger partial charge in [0.25, 0.3) is 0 Å². The Balaban J connectivity index is 1.73. The average molecular weight is 290 g/mol. The van der Waals surface area contributed by atoms with E-state index < -0.39 is 6.10 Å². The van der Waals surface area contributed by atoms with Gasteiger partial charge in [0.05, 0.1) is 18.2 Å². The van der Waals surface area contributed by atoms with Gasteiger partial charge in [0.2, 0.25) is 0 Å². The second-order valence-corrected chi connectivity index (χ2v) is 5.76. The maximum atomic E-state index is 10.7. The summed E-state index contributed by atoms with van der Waals surface area (Å²) in [4.78, 5) is 4.15. The van der Waals surface area contributed by atoms with Crippen LogP contribution in [0.2, 0.25) is 0 Å². The summed E-state index contributed by atoms with van der Waals surface area (Å²) in [6, 6.07) is 14.8. The van der Waals surface area contributed by atoms with Crippen molar-refractivity contribution in [3.05, 3.63) is 77.4 Å². The van der Waals surface area contributed by atoms with Gasteiger partial charge >= 0.3 is 0 Å². The molecule has 2 aromatic carbocycles. The van der Waals surface area contributed by atoms with Gasteiger partial charge in [0.1, 0.15) is 6.10 Å². The molecule has 1 aromatic heterocycles. The molecule has 1 aliphatic rings. The van der Waals surface area contributed by atoms with Crippen LogP contribution in [-0.4, -0.2) is 14.7 Å². The molecule has 4 rings (SSSR count). The van der Waals surface area contributed by atoms with Crippen LogP contribution in [0, 0.1) is 0 Å². The van der Waals surface area contributed by atoms with Gasteiger partial charge in [-0.05, 0) is 41.2 Å². The third-order valence-electron chi connectivity index (χ3n) is 4.50. The van der Waals surface area contributed by atoms with Crippen molar-refractivity contribution in [3.8, 4) is 11.1 Å². The molecule has 3 nitrogen and oxygen atoms in total. The quantitative estimate of drug-likeness (QED) is 0.626. The van der Waals surface area contributed by atoms with E-state index in [1.165, 1.54) is 22.3 Å². The summed E-state index contributed by atoms with van der Waals surface area (Å²) in [5.41, 5.74) is 7.04. The van der Waals surface area contributed by atoms with E-state index in [0.29, 0.717) is 0 Å². The second-order valence-electron chi connectivity index (χ2n) is 5.76. The van der Waals surface area contributed by atoms with Crippen molar-refractivity contribution in [2.24, 2.45) is 0 Å². The molecule has 3 heteroatoms. The average Bonchev–Trinajstić information content (AvgIpc) is 3.17. The molecule has 0 saturated carbocycles. The topological polar surface area (TPSA) is 38.0 Å². The molecular formula is C19H18N2O. The number of aryl methyl sites for hydroxylation is 1. The minimum Gasteiger partial charge on any atom is -0.382 e. The van der Waals surface area contributed by atoms with Gasteiger partial charge < -0.3 is 9.67 Å². The van der Waals surface area contributed by atoms with E-state index in [9.17, 15) is 5.11 Å². The Morgan fingerprint density at radius 2 is 1.95 bits per heavy atom. The maximum absolute atomic E-state index is 10.7. The van der Waals surface area contributed by atoms with Crippen LogP contribution in [-0.2, 0) is 13.0 Å². The van der Waals surface area contributed by atoms with E-state index in [2.05, 4.69) is 48.3 Å². The number of aliphatic hydroxyl groups is 1. The molecule has 0 spiro atoms. The fourth-order valence-corrected chi connectivity index (χ4v) is 3.33. The first-order valence-electron chi connectivity index (χ1n) is 7.67. The van der Waals surface area contributed by atoms with Crippen molar-refractivity contribution in [1.29, 1.82) is 0 Å². The standard InChI is InChI=1S/C19H18N2O/c1-2-21-12-20-11-18(21)19(22)14-7-8-17-15(10-14)9-13-5-3-4-6-16(13)17/h3-8,10-12,19,22H,2,9H2,1H3. The van der Waals surface area contributed by atoms with Crippen molar-refractivity contribution in [2.45, 2.75) is 26.0 Å². The van der Waals surface area contributed by atoms with E-state index in [1.54, 1.807) is 12.5 Å². The van der Waals surface area contributed by atoms with Crippen molar-refractivity contribution in [3.63, 3.8) is 0 Å². The number of hydrogen-bond donors (Lipinski definition) is 1. The van der Waals surface area contributed by atoms with Gasteiger partial charge in [0.15, 0.2) is 0 Å². The Labute approximate surface area is 129 Å². The number of aromatic nitrogens is 2. The lowest BCUT2D eigenvalue weighted by atomic mass is 9.99. The van der Waals surface area contributed by atoms with Crippen LogP contribution in [0.5, 0.6) is 0 Å². The van der Waals surface area contributed by atoms with Crippen LogP contribution in [0.1, 0.15) is 35.4 Å². The first-order valence-corrected chi connectivity index (χ1v) is 7.67. The van der Waals surface area contributed by atoms with E-state index in [-0.39, 0.29) is 0 Å². The number of imidazole rings is 1. The lowest BCUT2D eigenvalue weighted by Crippen LogP contribution is -2.07. The summed E-state index contributed by atoms with van der Waals surface area (Å²) in [5.74, 6) is 0. The number of fused-ring (bicyclic) bond motifs is 3. The molecule has 1 N–H and O–H groups in total. The Morgan fingerprint density at radius 1 is 1.14 bits per heavy atom. The van der Waals surface area contributed by atoms with Crippen molar-refractivity contribution >= 4 is 0 Å². The second kappa shape index (κ2) is 5.11. The van der Waals surface area contributed by atoms with Gasteiger partial charge in [-0.3, -0.25) is 0 Å². The molecule has 22 heavy (non-hydrogen) atoms. The summed E-state index contributed by atoms with van der Waals surface area (Å²) in [6.07, 6.45) is 3.83. The molecule has 0 fully saturated rings. The highest BCUT2D eigenvalue weighted by Gasteiger charge is 2.21. The van der Waals surface area contributed by atoms with E-state index in [0.717, 1.165) is 24.2 Å². The van der Waals surface area contributed by atoms with Gasteiger partial charge in [-0.15, -0.1) is 0 Å². The van der Waals surface area contributed by atoms with Crippen molar-refractivity contribution in [1.82, 2.24) is 9.55 Å². The number of nitrogens with zero attached hydrogens (tertiary/aromatic N) is 2. The van der Waals surface area contributed by atoms with E-state index in [4.69, 9.17) is 0 Å². The predicted molar refractivity (Wildman–Crippen MR) is 86.6 cm³/mol. The van der Waals surface area contributed by atoms with Crippen LogP contribution in [0.3, 0.4) is 0 Å². The number of rotatable bonds is 3. The number of aliphatic hydroxyl groups excluding tert-OH is 1. The summed E-state index contributed by atoms with van der Waals surface area (Å²) in [5, 5.41) is 10.7. The zero-order valence-electron chi connectivity index (χ0n) is 12.5. The fourth-order valence-electron chi connectivity index (χ4n) is 3.33. The minimum atomic E-state index is -0.628. The highest BCUT2D eigenvalue weighted by molar-refractivity contribution is 5.77. The van der Waals surface area contributed by atoms with E-state index >= 15 is 0 Å². The molecule has 3 aromatic rings. The van der Waals surface area contributed by atoms with Crippen LogP contribution >= 0.6 is 0 Å². The summed E-state index contributed by atoms with van der Waals surface area (Å²) in [6.45, 7) is 2.86. The molecule has 1 aliphatic carbocycles. The zero-order chi connectivity index (χ0) is 15.1. The minimum absolute atomic E-state index is 0.628. The van der Waals surface area contributed by atoms with Gasteiger partial charge in [0, 0.05) is 6.54 Å². The molecule has 1 unspecified atom stereocenters. The van der Waals surface area contributed by atoms with Crippen LogP contribution in [0.25, 0.3) is 11.1 Å². The van der Waals surface area contributed by atoms with Crippen molar-refractivity contribution in [2.75, 3.05) is 0 Å². The summed E-state index contributed by atoms with van der Waals surface area (Å²) in [7, 11) is 0. The molecular weight excluding hydrogens is 272 g/mol. The van der Waals surface area contributed by atoms with Crippen molar-refractivity contribution < 1.29 is 5.11 Å². The third-order valence-corrected chi connectivity index (χ3v) is 4.50. The first kappa shape index (κ1) is 13.3. The Morgan fingerprint density at radius 3 is 2.82 bits per heavy atom. The summed E-state index contributed by atoms with van der Waals surface area (Å²) >= 11 is 0. The fraction of sp³-hybridized carbons (Fsp3) is 0.211. The smallest absolute Gasteiger partial charge is 0.121 e. The zero-order valence-corrected chi connectivity index (χ0v) is 12.5. The molecule has 0 radical (unpaired) electrons. The SMILES string of the molecule is CCn1cncc1C(O)c1ccc2c(c1)Cc1ccccc1-2. The van der Waals surface area contributed by atoms with Crippen LogP contribution < -0.4 is 0 Å². The lowest BCUT2D eigenvalue weighted by molar-refractivity contribution is 0.210. The Bertz CT molecular complexity index is 835. The largest absolute Gasteiger partial charge is 0.382 e.